The SMILES string of the molecule is COc1ccc2[nH]c(=O)c(C[NH+](CCO)[C@H](c3nnnn3Cc3ccc(F)cc3)C(C)C)cc2c1. The van der Waals surface area contributed by atoms with Gasteiger partial charge in [-0.05, 0) is 52.4 Å². The van der Waals surface area contributed by atoms with E-state index in [4.69, 9.17) is 4.74 Å². The van der Waals surface area contributed by atoms with Gasteiger partial charge in [-0.1, -0.05) is 26.0 Å². The van der Waals surface area contributed by atoms with Gasteiger partial charge < -0.3 is 19.7 Å². The van der Waals surface area contributed by atoms with Crippen LogP contribution in [0.3, 0.4) is 0 Å². The topological polar surface area (TPSA) is 110 Å². The molecule has 4 rings (SSSR count). The smallest absolute Gasteiger partial charge is 0.257 e. The number of halogens is 1. The van der Waals surface area contributed by atoms with Crippen LogP contribution < -0.4 is 15.2 Å². The summed E-state index contributed by atoms with van der Waals surface area (Å²) in [5, 5.41) is 23.1. The van der Waals surface area contributed by atoms with Gasteiger partial charge in [0.25, 0.3) is 5.56 Å². The second-order valence-corrected chi connectivity index (χ2v) is 8.93. The highest BCUT2D eigenvalue weighted by atomic mass is 19.1. The van der Waals surface area contributed by atoms with Crippen LogP contribution in [-0.2, 0) is 13.1 Å². The number of nitrogens with zero attached hydrogens (tertiary/aromatic N) is 4. The summed E-state index contributed by atoms with van der Waals surface area (Å²) >= 11 is 0. The lowest BCUT2D eigenvalue weighted by Gasteiger charge is -2.30. The number of hydrogen-bond acceptors (Lipinski definition) is 6. The number of aliphatic hydroxyl groups excluding tert-OH is 1. The summed E-state index contributed by atoms with van der Waals surface area (Å²) < 4.78 is 20.4. The van der Waals surface area contributed by atoms with Crippen molar-refractivity contribution in [2.45, 2.75) is 33.0 Å². The van der Waals surface area contributed by atoms with E-state index in [1.165, 1.54) is 12.1 Å². The number of aromatic nitrogens is 5. The first-order chi connectivity index (χ1) is 16.9. The van der Waals surface area contributed by atoms with Gasteiger partial charge in [0.05, 0.1) is 25.8 Å². The Balaban J connectivity index is 1.68. The predicted octanol–water partition coefficient (Wildman–Crippen LogP) is 1.49. The first kappa shape index (κ1) is 24.5. The minimum Gasteiger partial charge on any atom is -0.497 e. The molecule has 0 fully saturated rings. The van der Waals surface area contributed by atoms with Crippen LogP contribution in [0.25, 0.3) is 10.9 Å². The number of ether oxygens (including phenoxy) is 1. The fraction of sp³-hybridized carbons (Fsp3) is 0.360. The molecule has 2 aromatic carbocycles. The molecule has 0 aliphatic rings. The minimum absolute atomic E-state index is 0.0581. The van der Waals surface area contributed by atoms with Gasteiger partial charge in [0.15, 0.2) is 6.04 Å². The number of fused-ring (bicyclic) bond motifs is 1. The third-order valence-corrected chi connectivity index (χ3v) is 6.17. The number of methoxy groups -OCH3 is 1. The number of benzene rings is 2. The first-order valence-electron chi connectivity index (χ1n) is 11.6. The highest BCUT2D eigenvalue weighted by Gasteiger charge is 2.33. The lowest BCUT2D eigenvalue weighted by Crippen LogP contribution is -3.12. The Kier molecular flexibility index (Phi) is 7.52. The van der Waals surface area contributed by atoms with Gasteiger partial charge in [0, 0.05) is 16.8 Å². The van der Waals surface area contributed by atoms with Crippen molar-refractivity contribution in [2.24, 2.45) is 5.92 Å². The van der Waals surface area contributed by atoms with Gasteiger partial charge in [-0.3, -0.25) is 4.79 Å². The Morgan fingerprint density at radius 3 is 2.63 bits per heavy atom. The van der Waals surface area contributed by atoms with Crippen molar-refractivity contribution in [1.29, 1.82) is 0 Å². The first-order valence-corrected chi connectivity index (χ1v) is 11.6. The zero-order valence-corrected chi connectivity index (χ0v) is 20.0. The molecular formula is C25H30FN6O3+. The fourth-order valence-electron chi connectivity index (χ4n) is 4.49. The number of nitrogens with one attached hydrogen (secondary N) is 2. The Hall–Kier alpha value is -3.63. The molecule has 2 atom stereocenters. The van der Waals surface area contributed by atoms with Crippen LogP contribution >= 0.6 is 0 Å². The van der Waals surface area contributed by atoms with E-state index < -0.39 is 0 Å². The molecule has 2 heterocycles. The Labute approximate surface area is 202 Å². The molecule has 0 spiro atoms. The molecule has 9 nitrogen and oxygen atoms in total. The van der Waals surface area contributed by atoms with Gasteiger partial charge in [0.1, 0.15) is 24.7 Å². The molecule has 1 unspecified atom stereocenters. The molecular weight excluding hydrogens is 451 g/mol. The van der Waals surface area contributed by atoms with Crippen molar-refractivity contribution < 1.29 is 19.1 Å². The lowest BCUT2D eigenvalue weighted by atomic mass is 10.00. The number of aliphatic hydroxyl groups is 1. The van der Waals surface area contributed by atoms with E-state index >= 15 is 0 Å². The molecule has 35 heavy (non-hydrogen) atoms. The average molecular weight is 482 g/mol. The van der Waals surface area contributed by atoms with Gasteiger partial charge >= 0.3 is 0 Å². The second-order valence-electron chi connectivity index (χ2n) is 8.93. The third-order valence-electron chi connectivity index (χ3n) is 6.17. The molecule has 184 valence electrons. The average Bonchev–Trinajstić information content (AvgIpc) is 3.28. The summed E-state index contributed by atoms with van der Waals surface area (Å²) in [5.74, 6) is 1.15. The maximum atomic E-state index is 13.3. The molecule has 0 radical (unpaired) electrons. The quantitative estimate of drug-likeness (QED) is 0.317. The van der Waals surface area contributed by atoms with Gasteiger partial charge in [0.2, 0.25) is 5.82 Å². The van der Waals surface area contributed by atoms with Gasteiger partial charge in [-0.2, -0.15) is 0 Å². The van der Waals surface area contributed by atoms with E-state index in [0.717, 1.165) is 21.4 Å². The largest absolute Gasteiger partial charge is 0.497 e. The second kappa shape index (κ2) is 10.7. The van der Waals surface area contributed by atoms with E-state index in [0.29, 0.717) is 36.8 Å². The number of hydrogen-bond donors (Lipinski definition) is 3. The standard InChI is InChI=1S/C25H29FN6O3/c1-16(2)23(24-28-29-30-32(24)14-17-4-6-20(26)7-5-17)31(10-11-33)15-19-12-18-13-21(35-3)8-9-22(18)27-25(19)34/h4-9,12-13,16,23,33H,10-11,14-15H2,1-3H3,(H,27,34)/p+1/t23-/m0/s1. The highest BCUT2D eigenvalue weighted by Crippen LogP contribution is 2.20. The van der Waals surface area contributed by atoms with Crippen LogP contribution in [0, 0.1) is 11.7 Å². The van der Waals surface area contributed by atoms with E-state index in [-0.39, 0.29) is 29.9 Å². The monoisotopic (exact) mass is 481 g/mol. The lowest BCUT2D eigenvalue weighted by molar-refractivity contribution is -0.950. The normalized spacial score (nSPS) is 13.3. The van der Waals surface area contributed by atoms with Gasteiger partial charge in [-0.15, -0.1) is 5.10 Å². The van der Waals surface area contributed by atoms with E-state index in [1.54, 1.807) is 30.0 Å². The van der Waals surface area contributed by atoms with Crippen LogP contribution in [0.5, 0.6) is 5.75 Å². The molecule has 0 aliphatic heterocycles. The number of rotatable bonds is 10. The van der Waals surface area contributed by atoms with Gasteiger partial charge in [-0.25, -0.2) is 9.07 Å². The van der Waals surface area contributed by atoms with Crippen LogP contribution in [0.1, 0.15) is 36.8 Å². The Morgan fingerprint density at radius 1 is 1.17 bits per heavy atom. The third kappa shape index (κ3) is 5.55. The zero-order valence-electron chi connectivity index (χ0n) is 20.0. The summed E-state index contributed by atoms with van der Waals surface area (Å²) in [6, 6.07) is 13.4. The number of pyridine rings is 1. The molecule has 0 bridgehead atoms. The predicted molar refractivity (Wildman–Crippen MR) is 129 cm³/mol. The summed E-state index contributed by atoms with van der Waals surface area (Å²) in [4.78, 5) is 16.8. The van der Waals surface area contributed by atoms with Crippen LogP contribution in [-0.4, -0.2) is 50.6 Å². The van der Waals surface area contributed by atoms with E-state index in [2.05, 4.69) is 34.4 Å². The molecule has 10 heteroatoms. The summed E-state index contributed by atoms with van der Waals surface area (Å²) in [6.45, 7) is 5.23. The van der Waals surface area contributed by atoms with E-state index in [9.17, 15) is 14.3 Å². The van der Waals surface area contributed by atoms with Crippen molar-refractivity contribution >= 4 is 10.9 Å². The van der Waals surface area contributed by atoms with Crippen molar-refractivity contribution in [3.05, 3.63) is 81.7 Å². The molecule has 0 aliphatic carbocycles. The highest BCUT2D eigenvalue weighted by molar-refractivity contribution is 5.80. The molecule has 2 aromatic heterocycles. The molecule has 0 amide bonds. The molecule has 0 saturated carbocycles. The van der Waals surface area contributed by atoms with Crippen molar-refractivity contribution in [3.8, 4) is 5.75 Å². The Morgan fingerprint density at radius 2 is 1.94 bits per heavy atom. The maximum absolute atomic E-state index is 13.3. The van der Waals surface area contributed by atoms with Crippen molar-refractivity contribution in [1.82, 2.24) is 25.2 Å². The number of H-pyrrole nitrogens is 1. The fourth-order valence-corrected chi connectivity index (χ4v) is 4.49. The molecule has 0 saturated heterocycles. The van der Waals surface area contributed by atoms with Crippen molar-refractivity contribution in [3.63, 3.8) is 0 Å². The van der Waals surface area contributed by atoms with Crippen LogP contribution in [0.2, 0.25) is 0 Å². The number of tetrazole rings is 1. The van der Waals surface area contributed by atoms with E-state index in [1.807, 2.05) is 18.2 Å². The van der Waals surface area contributed by atoms with Crippen LogP contribution in [0.15, 0.2) is 53.3 Å². The summed E-state index contributed by atoms with van der Waals surface area (Å²) in [7, 11) is 1.60. The maximum Gasteiger partial charge on any atom is 0.257 e. The summed E-state index contributed by atoms with van der Waals surface area (Å²) in [6.07, 6.45) is 0. The Bertz CT molecular complexity index is 1340. The molecule has 3 N–H and O–H groups in total. The zero-order chi connectivity index (χ0) is 24.9. The number of quaternary nitrogens is 1. The summed E-state index contributed by atoms with van der Waals surface area (Å²) in [5.41, 5.74) is 2.02. The van der Waals surface area contributed by atoms with Crippen molar-refractivity contribution in [2.75, 3.05) is 20.3 Å². The number of aromatic amines is 1. The van der Waals surface area contributed by atoms with Crippen LogP contribution in [0.4, 0.5) is 4.39 Å². The minimum atomic E-state index is -0.303. The molecule has 4 aromatic rings.